The number of rotatable bonds is 3. The molecule has 3 rings (SSSR count). The van der Waals surface area contributed by atoms with Gasteiger partial charge in [0.2, 0.25) is 0 Å². The van der Waals surface area contributed by atoms with E-state index in [-0.39, 0.29) is 17.9 Å². The van der Waals surface area contributed by atoms with Crippen molar-refractivity contribution in [3.8, 4) is 0 Å². The molecule has 0 radical (unpaired) electrons. The highest BCUT2D eigenvalue weighted by molar-refractivity contribution is 9.10. The first-order chi connectivity index (χ1) is 12.0. The Hall–Kier alpha value is -1.85. The maximum Gasteiger partial charge on any atom is 0.255 e. The van der Waals surface area contributed by atoms with Gasteiger partial charge in [-0.1, -0.05) is 45.7 Å². The summed E-state index contributed by atoms with van der Waals surface area (Å²) >= 11 is 9.48. The SMILES string of the molecule is O=C(NC1CCN(C(=O)c2ccccc2Cl)CC1)c1cccc(Br)c1. The Morgan fingerprint density at radius 1 is 1.08 bits per heavy atom. The molecule has 2 amide bonds. The normalized spacial score (nSPS) is 15.0. The Balaban J connectivity index is 1.56. The average Bonchev–Trinajstić information content (AvgIpc) is 2.62. The van der Waals surface area contributed by atoms with Crippen molar-refractivity contribution >= 4 is 39.3 Å². The van der Waals surface area contributed by atoms with Crippen LogP contribution >= 0.6 is 27.5 Å². The fraction of sp³-hybridized carbons (Fsp3) is 0.263. The number of amides is 2. The molecule has 0 atom stereocenters. The van der Waals surface area contributed by atoms with Crippen LogP contribution in [0.5, 0.6) is 0 Å². The van der Waals surface area contributed by atoms with Gasteiger partial charge in [0.05, 0.1) is 10.6 Å². The minimum atomic E-state index is -0.0859. The summed E-state index contributed by atoms with van der Waals surface area (Å²) in [5, 5.41) is 3.52. The fourth-order valence-corrected chi connectivity index (χ4v) is 3.55. The zero-order chi connectivity index (χ0) is 17.8. The third-order valence-electron chi connectivity index (χ3n) is 4.31. The number of carbonyl (C=O) groups excluding carboxylic acids is 2. The second kappa shape index (κ2) is 8.02. The quantitative estimate of drug-likeness (QED) is 0.810. The fourth-order valence-electron chi connectivity index (χ4n) is 2.93. The number of carbonyl (C=O) groups is 2. The summed E-state index contributed by atoms with van der Waals surface area (Å²) in [5.74, 6) is -0.139. The highest BCUT2D eigenvalue weighted by atomic mass is 79.9. The van der Waals surface area contributed by atoms with E-state index in [2.05, 4.69) is 21.2 Å². The lowest BCUT2D eigenvalue weighted by Crippen LogP contribution is -2.46. The van der Waals surface area contributed by atoms with Crippen LogP contribution in [0.2, 0.25) is 5.02 Å². The van der Waals surface area contributed by atoms with E-state index in [9.17, 15) is 9.59 Å². The van der Waals surface area contributed by atoms with E-state index in [1.807, 2.05) is 24.3 Å². The van der Waals surface area contributed by atoms with Crippen molar-refractivity contribution in [3.05, 3.63) is 69.2 Å². The molecule has 1 aliphatic rings. The molecule has 2 aromatic rings. The Morgan fingerprint density at radius 2 is 1.80 bits per heavy atom. The van der Waals surface area contributed by atoms with Gasteiger partial charge in [-0.2, -0.15) is 0 Å². The molecule has 0 aliphatic carbocycles. The Bertz CT molecular complexity index is 788. The number of halogens is 2. The third-order valence-corrected chi connectivity index (χ3v) is 5.13. The summed E-state index contributed by atoms with van der Waals surface area (Å²) in [5.41, 5.74) is 1.16. The zero-order valence-corrected chi connectivity index (χ0v) is 15.9. The zero-order valence-electron chi connectivity index (χ0n) is 13.5. The summed E-state index contributed by atoms with van der Waals surface area (Å²) < 4.78 is 0.875. The first-order valence-corrected chi connectivity index (χ1v) is 9.32. The number of hydrogen-bond donors (Lipinski definition) is 1. The average molecular weight is 422 g/mol. The van der Waals surface area contributed by atoms with Crippen LogP contribution in [-0.4, -0.2) is 35.8 Å². The van der Waals surface area contributed by atoms with Gasteiger partial charge in [0, 0.05) is 29.2 Å². The van der Waals surface area contributed by atoms with E-state index in [4.69, 9.17) is 11.6 Å². The first-order valence-electron chi connectivity index (χ1n) is 8.15. The highest BCUT2D eigenvalue weighted by Crippen LogP contribution is 2.20. The van der Waals surface area contributed by atoms with Crippen LogP contribution in [0.3, 0.4) is 0 Å². The lowest BCUT2D eigenvalue weighted by atomic mass is 10.0. The minimum absolute atomic E-state index is 0.0534. The standard InChI is InChI=1S/C19H18BrClN2O2/c20-14-5-3-4-13(12-14)18(24)22-15-8-10-23(11-9-15)19(25)16-6-1-2-7-17(16)21/h1-7,12,15H,8-11H2,(H,22,24). The van der Waals surface area contributed by atoms with Gasteiger partial charge >= 0.3 is 0 Å². The van der Waals surface area contributed by atoms with Crippen LogP contribution in [-0.2, 0) is 0 Å². The predicted molar refractivity (Wildman–Crippen MR) is 102 cm³/mol. The van der Waals surface area contributed by atoms with E-state index < -0.39 is 0 Å². The van der Waals surface area contributed by atoms with E-state index in [1.54, 1.807) is 29.2 Å². The van der Waals surface area contributed by atoms with E-state index in [0.29, 0.717) is 29.2 Å². The Labute approximate surface area is 160 Å². The van der Waals surface area contributed by atoms with Gasteiger partial charge in [-0.25, -0.2) is 0 Å². The van der Waals surface area contributed by atoms with Crippen LogP contribution in [0.25, 0.3) is 0 Å². The Morgan fingerprint density at radius 3 is 2.48 bits per heavy atom. The predicted octanol–water partition coefficient (Wildman–Crippen LogP) is 4.14. The Kier molecular flexibility index (Phi) is 5.76. The van der Waals surface area contributed by atoms with Crippen molar-refractivity contribution in [1.29, 1.82) is 0 Å². The second-order valence-electron chi connectivity index (χ2n) is 6.03. The molecule has 130 valence electrons. The second-order valence-corrected chi connectivity index (χ2v) is 7.35. The molecule has 4 nitrogen and oxygen atoms in total. The van der Waals surface area contributed by atoms with Gasteiger partial charge in [-0.15, -0.1) is 0 Å². The number of hydrogen-bond acceptors (Lipinski definition) is 2. The highest BCUT2D eigenvalue weighted by Gasteiger charge is 2.25. The molecular formula is C19H18BrClN2O2. The molecule has 0 bridgehead atoms. The van der Waals surface area contributed by atoms with Gasteiger partial charge in [-0.05, 0) is 43.2 Å². The molecule has 0 aromatic heterocycles. The maximum absolute atomic E-state index is 12.6. The smallest absolute Gasteiger partial charge is 0.255 e. The van der Waals surface area contributed by atoms with E-state index >= 15 is 0 Å². The van der Waals surface area contributed by atoms with Crippen LogP contribution in [0.15, 0.2) is 53.0 Å². The topological polar surface area (TPSA) is 49.4 Å². The van der Waals surface area contributed by atoms with Gasteiger partial charge in [-0.3, -0.25) is 9.59 Å². The van der Waals surface area contributed by atoms with Gasteiger partial charge in [0.25, 0.3) is 11.8 Å². The van der Waals surface area contributed by atoms with Crippen molar-refractivity contribution in [2.45, 2.75) is 18.9 Å². The molecule has 1 fully saturated rings. The molecule has 1 aliphatic heterocycles. The number of likely N-dealkylation sites (tertiary alicyclic amines) is 1. The van der Waals surface area contributed by atoms with E-state index in [0.717, 1.165) is 17.3 Å². The lowest BCUT2D eigenvalue weighted by Gasteiger charge is -2.32. The largest absolute Gasteiger partial charge is 0.349 e. The molecule has 1 heterocycles. The summed E-state index contributed by atoms with van der Waals surface area (Å²) in [7, 11) is 0. The lowest BCUT2D eigenvalue weighted by molar-refractivity contribution is 0.0698. The molecule has 6 heteroatoms. The van der Waals surface area contributed by atoms with Gasteiger partial charge < -0.3 is 10.2 Å². The van der Waals surface area contributed by atoms with Gasteiger partial charge in [0.1, 0.15) is 0 Å². The van der Waals surface area contributed by atoms with Crippen molar-refractivity contribution in [1.82, 2.24) is 10.2 Å². The van der Waals surface area contributed by atoms with Crippen molar-refractivity contribution in [3.63, 3.8) is 0 Å². The summed E-state index contributed by atoms with van der Waals surface area (Å²) in [4.78, 5) is 26.7. The molecule has 0 spiro atoms. The van der Waals surface area contributed by atoms with Crippen molar-refractivity contribution in [2.24, 2.45) is 0 Å². The molecule has 1 saturated heterocycles. The molecular weight excluding hydrogens is 404 g/mol. The molecule has 25 heavy (non-hydrogen) atoms. The van der Waals surface area contributed by atoms with Crippen molar-refractivity contribution < 1.29 is 9.59 Å². The molecule has 0 saturated carbocycles. The van der Waals surface area contributed by atoms with Crippen LogP contribution < -0.4 is 5.32 Å². The maximum atomic E-state index is 12.6. The van der Waals surface area contributed by atoms with Crippen LogP contribution in [0.1, 0.15) is 33.6 Å². The number of piperidine rings is 1. The summed E-state index contributed by atoms with van der Waals surface area (Å²) in [6.45, 7) is 1.21. The first kappa shape index (κ1) is 18.0. The monoisotopic (exact) mass is 420 g/mol. The summed E-state index contributed by atoms with van der Waals surface area (Å²) in [6.07, 6.45) is 1.46. The number of nitrogens with one attached hydrogen (secondary N) is 1. The third kappa shape index (κ3) is 4.41. The molecule has 2 aromatic carbocycles. The summed E-state index contributed by atoms with van der Waals surface area (Å²) in [6, 6.07) is 14.5. The van der Waals surface area contributed by atoms with Gasteiger partial charge in [0.15, 0.2) is 0 Å². The minimum Gasteiger partial charge on any atom is -0.349 e. The van der Waals surface area contributed by atoms with Crippen molar-refractivity contribution in [2.75, 3.05) is 13.1 Å². The molecule has 1 N–H and O–H groups in total. The number of nitrogens with zero attached hydrogens (tertiary/aromatic N) is 1. The van der Waals surface area contributed by atoms with E-state index in [1.165, 1.54) is 0 Å². The number of benzene rings is 2. The van der Waals surface area contributed by atoms with Crippen LogP contribution in [0, 0.1) is 0 Å². The van der Waals surface area contributed by atoms with Crippen LogP contribution in [0.4, 0.5) is 0 Å². The molecule has 0 unspecified atom stereocenters.